The van der Waals surface area contributed by atoms with Gasteiger partial charge in [-0.1, -0.05) is 0 Å². The third kappa shape index (κ3) is 4.60. The number of non-ortho nitro benzene ring substituents is 1. The van der Waals surface area contributed by atoms with Gasteiger partial charge in [0.1, 0.15) is 10.6 Å². The van der Waals surface area contributed by atoms with Crippen LogP contribution in [0.1, 0.15) is 6.42 Å². The zero-order chi connectivity index (χ0) is 14.5. The van der Waals surface area contributed by atoms with Crippen LogP contribution < -0.4 is 15.2 Å². The molecule has 0 saturated carbocycles. The summed E-state index contributed by atoms with van der Waals surface area (Å²) in [6, 6.07) is 3.32. The Morgan fingerprint density at radius 1 is 1.45 bits per heavy atom. The van der Waals surface area contributed by atoms with Crippen molar-refractivity contribution in [2.75, 3.05) is 20.2 Å². The molecule has 10 heteroatoms. The van der Waals surface area contributed by atoms with Crippen molar-refractivity contribution >= 4 is 28.1 Å². The van der Waals surface area contributed by atoms with Gasteiger partial charge in [0.2, 0.25) is 10.0 Å². The van der Waals surface area contributed by atoms with E-state index in [1.165, 1.54) is 7.11 Å². The normalized spacial score (nSPS) is 10.7. The van der Waals surface area contributed by atoms with E-state index in [0.29, 0.717) is 13.0 Å². The molecule has 0 radical (unpaired) electrons. The maximum absolute atomic E-state index is 12.0. The summed E-state index contributed by atoms with van der Waals surface area (Å²) in [5, 5.41) is 10.6. The van der Waals surface area contributed by atoms with Crippen LogP contribution >= 0.6 is 12.4 Å². The van der Waals surface area contributed by atoms with E-state index in [-0.39, 0.29) is 35.3 Å². The second-order valence-electron chi connectivity index (χ2n) is 3.63. The smallest absolute Gasteiger partial charge is 0.273 e. The summed E-state index contributed by atoms with van der Waals surface area (Å²) in [5.74, 6) is -0.0746. The first-order chi connectivity index (χ1) is 8.92. The number of hydrogen-bond acceptors (Lipinski definition) is 6. The Kier molecular flexibility index (Phi) is 7.43. The van der Waals surface area contributed by atoms with E-state index in [4.69, 9.17) is 10.5 Å². The monoisotopic (exact) mass is 325 g/mol. The van der Waals surface area contributed by atoms with Crippen molar-refractivity contribution in [3.63, 3.8) is 0 Å². The Balaban J connectivity index is 0.00000361. The lowest BCUT2D eigenvalue weighted by atomic mass is 10.3. The molecule has 0 unspecified atom stereocenters. The number of nitro groups is 1. The number of benzene rings is 1. The minimum Gasteiger partial charge on any atom is -0.495 e. The van der Waals surface area contributed by atoms with Crippen molar-refractivity contribution in [1.82, 2.24) is 4.72 Å². The summed E-state index contributed by atoms with van der Waals surface area (Å²) in [6.07, 6.45) is 0.495. The average Bonchev–Trinajstić information content (AvgIpc) is 2.38. The van der Waals surface area contributed by atoms with Crippen LogP contribution in [0.15, 0.2) is 23.1 Å². The lowest BCUT2D eigenvalue weighted by Crippen LogP contribution is -2.26. The van der Waals surface area contributed by atoms with Crippen LogP contribution in [0, 0.1) is 10.1 Å². The maximum Gasteiger partial charge on any atom is 0.273 e. The number of nitrogens with zero attached hydrogens (tertiary/aromatic N) is 1. The van der Waals surface area contributed by atoms with Crippen molar-refractivity contribution < 1.29 is 18.1 Å². The Bertz CT molecular complexity index is 564. The van der Waals surface area contributed by atoms with Gasteiger partial charge in [-0.25, -0.2) is 13.1 Å². The molecule has 0 aliphatic carbocycles. The summed E-state index contributed by atoms with van der Waals surface area (Å²) in [6.45, 7) is 0.554. The number of rotatable bonds is 7. The number of nitrogens with two attached hydrogens (primary N) is 1. The minimum absolute atomic E-state index is 0. The number of sulfonamides is 1. The van der Waals surface area contributed by atoms with Gasteiger partial charge in [-0.05, 0) is 19.0 Å². The SMILES string of the molecule is COc1cc([N+](=O)[O-])ccc1S(=O)(=O)NCCCN.Cl. The molecule has 0 fully saturated rings. The molecule has 0 heterocycles. The predicted octanol–water partition coefficient (Wildman–Crippen LogP) is 0.652. The van der Waals surface area contributed by atoms with Gasteiger partial charge in [-0.3, -0.25) is 10.1 Å². The molecule has 0 bridgehead atoms. The molecule has 8 nitrogen and oxygen atoms in total. The third-order valence-corrected chi connectivity index (χ3v) is 3.82. The summed E-state index contributed by atoms with van der Waals surface area (Å²) in [4.78, 5) is 9.85. The largest absolute Gasteiger partial charge is 0.495 e. The number of nitro benzene ring substituents is 1. The first-order valence-electron chi connectivity index (χ1n) is 5.44. The summed E-state index contributed by atoms with van der Waals surface area (Å²) in [5.41, 5.74) is 5.03. The van der Waals surface area contributed by atoms with Gasteiger partial charge >= 0.3 is 0 Å². The van der Waals surface area contributed by atoms with Crippen LogP contribution in [-0.2, 0) is 10.0 Å². The van der Waals surface area contributed by atoms with E-state index in [1.807, 2.05) is 0 Å². The number of methoxy groups -OCH3 is 1. The molecule has 1 aromatic carbocycles. The number of hydrogen-bond donors (Lipinski definition) is 2. The van der Waals surface area contributed by atoms with E-state index >= 15 is 0 Å². The molecule has 0 amide bonds. The van der Waals surface area contributed by atoms with E-state index < -0.39 is 14.9 Å². The highest BCUT2D eigenvalue weighted by Gasteiger charge is 2.21. The molecule has 0 aromatic heterocycles. The standard InChI is InChI=1S/C10H15N3O5S.ClH/c1-18-9-7-8(13(14)15)3-4-10(9)19(16,17)12-6-2-5-11;/h3-4,7,12H,2,5-6,11H2,1H3;1H. The van der Waals surface area contributed by atoms with E-state index in [1.54, 1.807) is 0 Å². The number of ether oxygens (including phenoxy) is 1. The van der Waals surface area contributed by atoms with Gasteiger partial charge in [0.05, 0.1) is 18.1 Å². The fourth-order valence-corrected chi connectivity index (χ4v) is 2.60. The fraction of sp³-hybridized carbons (Fsp3) is 0.400. The molecule has 0 spiro atoms. The van der Waals surface area contributed by atoms with Crippen LogP contribution in [0.25, 0.3) is 0 Å². The van der Waals surface area contributed by atoms with E-state index in [9.17, 15) is 18.5 Å². The Hall–Kier alpha value is -1.42. The van der Waals surface area contributed by atoms with Crippen LogP contribution in [0.4, 0.5) is 5.69 Å². The number of nitrogens with one attached hydrogen (secondary N) is 1. The van der Waals surface area contributed by atoms with Crippen molar-refractivity contribution in [2.45, 2.75) is 11.3 Å². The molecule has 0 saturated heterocycles. The van der Waals surface area contributed by atoms with Gasteiger partial charge in [0, 0.05) is 12.6 Å². The predicted molar refractivity (Wildman–Crippen MR) is 75.8 cm³/mol. The molecule has 20 heavy (non-hydrogen) atoms. The van der Waals surface area contributed by atoms with Gasteiger partial charge in [-0.2, -0.15) is 0 Å². The lowest BCUT2D eigenvalue weighted by molar-refractivity contribution is -0.385. The first kappa shape index (κ1) is 18.6. The minimum atomic E-state index is -3.77. The highest BCUT2D eigenvalue weighted by molar-refractivity contribution is 7.89. The van der Waals surface area contributed by atoms with Crippen molar-refractivity contribution in [3.05, 3.63) is 28.3 Å². The molecular weight excluding hydrogens is 310 g/mol. The molecule has 3 N–H and O–H groups in total. The van der Waals surface area contributed by atoms with Gasteiger partial charge in [0.25, 0.3) is 5.69 Å². The summed E-state index contributed by atoms with van der Waals surface area (Å²) < 4.78 is 31.2. The molecule has 0 aliphatic heterocycles. The molecular formula is C10H16ClN3O5S. The Morgan fingerprint density at radius 2 is 2.10 bits per heavy atom. The van der Waals surface area contributed by atoms with E-state index in [2.05, 4.69) is 4.72 Å². The molecule has 0 atom stereocenters. The van der Waals surface area contributed by atoms with Gasteiger partial charge in [0.15, 0.2) is 0 Å². The highest BCUT2D eigenvalue weighted by Crippen LogP contribution is 2.28. The molecule has 1 rings (SSSR count). The summed E-state index contributed by atoms with van der Waals surface area (Å²) in [7, 11) is -2.52. The van der Waals surface area contributed by atoms with Crippen LogP contribution in [0.2, 0.25) is 0 Å². The van der Waals surface area contributed by atoms with Crippen LogP contribution in [0.3, 0.4) is 0 Å². The zero-order valence-corrected chi connectivity index (χ0v) is 12.4. The fourth-order valence-electron chi connectivity index (χ4n) is 1.38. The molecule has 114 valence electrons. The first-order valence-corrected chi connectivity index (χ1v) is 6.93. The molecule has 1 aromatic rings. The molecule has 0 aliphatic rings. The van der Waals surface area contributed by atoms with E-state index in [0.717, 1.165) is 18.2 Å². The van der Waals surface area contributed by atoms with Crippen LogP contribution in [-0.4, -0.2) is 33.5 Å². The topological polar surface area (TPSA) is 125 Å². The number of halogens is 1. The Morgan fingerprint density at radius 3 is 2.60 bits per heavy atom. The average molecular weight is 326 g/mol. The third-order valence-electron chi connectivity index (χ3n) is 2.32. The van der Waals surface area contributed by atoms with Crippen molar-refractivity contribution in [2.24, 2.45) is 5.73 Å². The van der Waals surface area contributed by atoms with Gasteiger partial charge in [-0.15, -0.1) is 12.4 Å². The summed E-state index contributed by atoms with van der Waals surface area (Å²) >= 11 is 0. The second kappa shape index (κ2) is 8.00. The van der Waals surface area contributed by atoms with Crippen molar-refractivity contribution in [1.29, 1.82) is 0 Å². The highest BCUT2D eigenvalue weighted by atomic mass is 35.5. The van der Waals surface area contributed by atoms with Gasteiger partial charge < -0.3 is 10.5 Å². The Labute approximate surface area is 122 Å². The zero-order valence-electron chi connectivity index (χ0n) is 10.7. The maximum atomic E-state index is 12.0. The van der Waals surface area contributed by atoms with Crippen LogP contribution in [0.5, 0.6) is 5.75 Å². The van der Waals surface area contributed by atoms with Crippen molar-refractivity contribution in [3.8, 4) is 5.75 Å². The quantitative estimate of drug-likeness (QED) is 0.431. The lowest BCUT2D eigenvalue weighted by Gasteiger charge is -2.10. The second-order valence-corrected chi connectivity index (χ2v) is 5.37.